The lowest BCUT2D eigenvalue weighted by Crippen LogP contribution is -2.01. The smallest absolute Gasteiger partial charge is 0.123 e. The molecule has 0 atom stereocenters. The van der Waals surface area contributed by atoms with Crippen molar-refractivity contribution in [1.29, 1.82) is 0 Å². The SMILES string of the molecule is C=C(CCl)COc1cccc(OCC)c1. The standard InChI is InChI=1S/C12H15ClO2/c1-3-14-11-5-4-6-12(7-11)15-9-10(2)8-13/h4-7H,2-3,8-9H2,1H3. The summed E-state index contributed by atoms with van der Waals surface area (Å²) < 4.78 is 10.8. The van der Waals surface area contributed by atoms with Gasteiger partial charge in [0.1, 0.15) is 18.1 Å². The van der Waals surface area contributed by atoms with Crippen molar-refractivity contribution < 1.29 is 9.47 Å². The van der Waals surface area contributed by atoms with Crippen molar-refractivity contribution in [1.82, 2.24) is 0 Å². The van der Waals surface area contributed by atoms with Crippen LogP contribution >= 0.6 is 11.6 Å². The summed E-state index contributed by atoms with van der Waals surface area (Å²) in [6, 6.07) is 7.52. The molecule has 0 saturated heterocycles. The zero-order valence-electron chi connectivity index (χ0n) is 8.83. The summed E-state index contributed by atoms with van der Waals surface area (Å²) in [6.07, 6.45) is 0. The molecule has 0 saturated carbocycles. The first kappa shape index (κ1) is 11.9. The van der Waals surface area contributed by atoms with Gasteiger partial charge in [0, 0.05) is 11.9 Å². The third kappa shape index (κ3) is 4.26. The molecule has 1 rings (SSSR count). The highest BCUT2D eigenvalue weighted by molar-refractivity contribution is 6.19. The second kappa shape index (κ2) is 6.36. The lowest BCUT2D eigenvalue weighted by molar-refractivity contribution is 0.328. The minimum atomic E-state index is 0.422. The van der Waals surface area contributed by atoms with Gasteiger partial charge in [-0.1, -0.05) is 12.6 Å². The van der Waals surface area contributed by atoms with E-state index in [1.807, 2.05) is 31.2 Å². The molecule has 82 valence electrons. The van der Waals surface area contributed by atoms with Crippen molar-refractivity contribution in [2.75, 3.05) is 19.1 Å². The molecule has 0 N–H and O–H groups in total. The molecular weight excluding hydrogens is 212 g/mol. The van der Waals surface area contributed by atoms with Crippen LogP contribution in [0.4, 0.5) is 0 Å². The van der Waals surface area contributed by atoms with Crippen molar-refractivity contribution in [2.45, 2.75) is 6.92 Å². The molecule has 0 bridgehead atoms. The maximum Gasteiger partial charge on any atom is 0.123 e. The van der Waals surface area contributed by atoms with Gasteiger partial charge in [-0.25, -0.2) is 0 Å². The first-order valence-corrected chi connectivity index (χ1v) is 5.38. The van der Waals surface area contributed by atoms with Gasteiger partial charge in [-0.15, -0.1) is 11.6 Å². The van der Waals surface area contributed by atoms with Crippen molar-refractivity contribution in [2.24, 2.45) is 0 Å². The van der Waals surface area contributed by atoms with Gasteiger partial charge >= 0.3 is 0 Å². The summed E-state index contributed by atoms with van der Waals surface area (Å²) in [4.78, 5) is 0. The van der Waals surface area contributed by atoms with Crippen LogP contribution in [0.5, 0.6) is 11.5 Å². The predicted octanol–water partition coefficient (Wildman–Crippen LogP) is 3.26. The van der Waals surface area contributed by atoms with Crippen molar-refractivity contribution in [3.8, 4) is 11.5 Å². The van der Waals surface area contributed by atoms with Crippen LogP contribution < -0.4 is 9.47 Å². The number of hydrogen-bond acceptors (Lipinski definition) is 2. The second-order valence-corrected chi connectivity index (χ2v) is 3.35. The van der Waals surface area contributed by atoms with E-state index < -0.39 is 0 Å². The Labute approximate surface area is 95.5 Å². The monoisotopic (exact) mass is 226 g/mol. The highest BCUT2D eigenvalue weighted by Gasteiger charge is 1.98. The fourth-order valence-corrected chi connectivity index (χ4v) is 1.12. The quantitative estimate of drug-likeness (QED) is 0.548. The molecule has 0 aliphatic rings. The molecule has 2 nitrogen and oxygen atoms in total. The predicted molar refractivity (Wildman–Crippen MR) is 63.0 cm³/mol. The van der Waals surface area contributed by atoms with Crippen molar-refractivity contribution >= 4 is 11.6 Å². The number of hydrogen-bond donors (Lipinski definition) is 0. The summed E-state index contributed by atoms with van der Waals surface area (Å²) in [7, 11) is 0. The van der Waals surface area contributed by atoms with Crippen LogP contribution in [0.2, 0.25) is 0 Å². The van der Waals surface area contributed by atoms with Gasteiger partial charge in [-0.2, -0.15) is 0 Å². The lowest BCUT2D eigenvalue weighted by atomic mass is 10.3. The number of benzene rings is 1. The Balaban J connectivity index is 2.53. The van der Waals surface area contributed by atoms with Crippen molar-refractivity contribution in [3.05, 3.63) is 36.4 Å². The van der Waals surface area contributed by atoms with Gasteiger partial charge in [0.05, 0.1) is 6.61 Å². The van der Waals surface area contributed by atoms with Crippen LogP contribution in [0.25, 0.3) is 0 Å². The first-order chi connectivity index (χ1) is 7.26. The van der Waals surface area contributed by atoms with Gasteiger partial charge in [0.2, 0.25) is 0 Å². The Morgan fingerprint density at radius 3 is 2.60 bits per heavy atom. The van der Waals surface area contributed by atoms with E-state index >= 15 is 0 Å². The summed E-state index contributed by atoms with van der Waals surface area (Å²) >= 11 is 5.59. The molecule has 0 fully saturated rings. The van der Waals surface area contributed by atoms with Crippen LogP contribution in [0.3, 0.4) is 0 Å². The number of ether oxygens (including phenoxy) is 2. The molecule has 3 heteroatoms. The van der Waals surface area contributed by atoms with Gasteiger partial charge in [0.15, 0.2) is 0 Å². The van der Waals surface area contributed by atoms with E-state index in [0.717, 1.165) is 17.1 Å². The molecule has 1 aromatic carbocycles. The molecule has 1 aromatic rings. The van der Waals surface area contributed by atoms with Gasteiger partial charge in [0.25, 0.3) is 0 Å². The third-order valence-corrected chi connectivity index (χ3v) is 2.13. The average Bonchev–Trinajstić information content (AvgIpc) is 2.27. The average molecular weight is 227 g/mol. The normalized spacial score (nSPS) is 9.73. The Kier molecular flexibility index (Phi) is 5.05. The summed E-state index contributed by atoms with van der Waals surface area (Å²) in [6.45, 7) is 6.80. The number of alkyl halides is 1. The molecule has 0 radical (unpaired) electrons. The second-order valence-electron chi connectivity index (χ2n) is 3.08. The lowest BCUT2D eigenvalue weighted by Gasteiger charge is -2.08. The Morgan fingerprint density at radius 2 is 2.00 bits per heavy atom. The zero-order valence-corrected chi connectivity index (χ0v) is 9.59. The van der Waals surface area contributed by atoms with Crippen LogP contribution in [-0.2, 0) is 0 Å². The molecule has 0 amide bonds. The fraction of sp³-hybridized carbons (Fsp3) is 0.333. The van der Waals surface area contributed by atoms with E-state index in [2.05, 4.69) is 6.58 Å². The van der Waals surface area contributed by atoms with Crippen LogP contribution in [0, 0.1) is 0 Å². The third-order valence-electron chi connectivity index (χ3n) is 1.75. The topological polar surface area (TPSA) is 18.5 Å². The maximum atomic E-state index is 5.59. The van der Waals surface area contributed by atoms with E-state index in [-0.39, 0.29) is 0 Å². The minimum absolute atomic E-state index is 0.422. The molecule has 0 spiro atoms. The van der Waals surface area contributed by atoms with Crippen LogP contribution in [0.1, 0.15) is 6.92 Å². The molecule has 0 aliphatic carbocycles. The van der Waals surface area contributed by atoms with Crippen molar-refractivity contribution in [3.63, 3.8) is 0 Å². The Bertz CT molecular complexity index is 323. The van der Waals surface area contributed by atoms with E-state index in [1.165, 1.54) is 0 Å². The molecule has 0 heterocycles. The highest BCUT2D eigenvalue weighted by atomic mass is 35.5. The number of rotatable bonds is 6. The molecular formula is C12H15ClO2. The summed E-state index contributed by atoms with van der Waals surface area (Å²) in [5.74, 6) is 2.00. The van der Waals surface area contributed by atoms with Gasteiger partial charge in [-0.3, -0.25) is 0 Å². The maximum absolute atomic E-state index is 5.59. The molecule has 15 heavy (non-hydrogen) atoms. The highest BCUT2D eigenvalue weighted by Crippen LogP contribution is 2.19. The van der Waals surface area contributed by atoms with Crippen LogP contribution in [0.15, 0.2) is 36.4 Å². The molecule has 0 aromatic heterocycles. The van der Waals surface area contributed by atoms with E-state index in [0.29, 0.717) is 19.1 Å². The zero-order chi connectivity index (χ0) is 11.1. The first-order valence-electron chi connectivity index (χ1n) is 4.84. The summed E-state index contributed by atoms with van der Waals surface area (Å²) in [5, 5.41) is 0. The van der Waals surface area contributed by atoms with E-state index in [4.69, 9.17) is 21.1 Å². The van der Waals surface area contributed by atoms with Gasteiger partial charge in [-0.05, 0) is 24.6 Å². The number of halogens is 1. The van der Waals surface area contributed by atoms with E-state index in [1.54, 1.807) is 0 Å². The largest absolute Gasteiger partial charge is 0.494 e. The Morgan fingerprint density at radius 1 is 1.33 bits per heavy atom. The van der Waals surface area contributed by atoms with Gasteiger partial charge < -0.3 is 9.47 Å². The molecule has 0 unspecified atom stereocenters. The molecule has 0 aliphatic heterocycles. The summed E-state index contributed by atoms with van der Waals surface area (Å²) in [5.41, 5.74) is 0.860. The fourth-order valence-electron chi connectivity index (χ4n) is 1.04. The van der Waals surface area contributed by atoms with E-state index in [9.17, 15) is 0 Å². The minimum Gasteiger partial charge on any atom is -0.494 e. The van der Waals surface area contributed by atoms with Crippen LogP contribution in [-0.4, -0.2) is 19.1 Å². The Hall–Kier alpha value is -1.15.